The maximum atomic E-state index is 10.7. The van der Waals surface area contributed by atoms with Crippen molar-refractivity contribution in [3.05, 3.63) is 34.9 Å². The maximum Gasteiger partial charge on any atom is 0.340 e. The Morgan fingerprint density at radius 3 is 1.80 bits per heavy atom. The van der Waals surface area contributed by atoms with E-state index in [-0.39, 0.29) is 0 Å². The molecule has 1 aromatic carbocycles. The van der Waals surface area contributed by atoms with Crippen LogP contribution < -0.4 is 0 Å². The second kappa shape index (κ2) is 14.7. The number of rotatable bonds is 12. The Hall–Kier alpha value is -0.440. The van der Waals surface area contributed by atoms with Gasteiger partial charge in [-0.05, 0) is 43.4 Å². The van der Waals surface area contributed by atoms with Gasteiger partial charge >= 0.3 is 5.97 Å². The fourth-order valence-electron chi connectivity index (χ4n) is 2.49. The Balaban J connectivity index is 0.00000277. The molecule has 2 nitrogen and oxygen atoms in total. The van der Waals surface area contributed by atoms with Gasteiger partial charge in [-0.2, -0.15) is 0 Å². The average molecular weight is 410 g/mol. The minimum absolute atomic E-state index is 0.312. The van der Waals surface area contributed by atoms with Crippen LogP contribution in [0.5, 0.6) is 0 Å². The van der Waals surface area contributed by atoms with Crippen LogP contribution in [-0.4, -0.2) is 15.4 Å². The number of unbranched alkanes of at least 4 members (excludes halogenated alkanes) is 7. The lowest BCUT2D eigenvalue weighted by Gasteiger charge is -2.13. The van der Waals surface area contributed by atoms with Crippen LogP contribution in [0, 0.1) is 0 Å². The summed E-state index contributed by atoms with van der Waals surface area (Å²) in [6.45, 7) is 4.00. The molecule has 0 radical (unpaired) electrons. The second-order valence-electron chi connectivity index (χ2n) is 5.96. The molecule has 0 aliphatic rings. The topological polar surface area (TPSA) is 37.3 Å². The van der Waals surface area contributed by atoms with Crippen LogP contribution in [0.2, 0.25) is 5.02 Å². The molecular weight excluding hydrogens is 379 g/mol. The molecule has 0 aliphatic heterocycles. The number of aliphatic carboxylic acids is 1. The van der Waals surface area contributed by atoms with Crippen molar-refractivity contribution in [2.24, 2.45) is 0 Å². The Morgan fingerprint density at radius 1 is 0.880 bits per heavy atom. The number of carbonyl (C=O) groups is 1. The van der Waals surface area contributed by atoms with Crippen LogP contribution in [-0.2, 0) is 11.2 Å². The standard InChI is InChI=1S/C18H25Cl3O2.C2H6/c19-16-12-10-15(11-13-16)9-7-5-3-1-2-4-6-8-14-18(20,21)17(22)23;1-2/h10-13H,1-9,14H2,(H,22,23);1-2H3. The number of hydrogen-bond donors (Lipinski definition) is 1. The van der Waals surface area contributed by atoms with E-state index in [9.17, 15) is 4.79 Å². The minimum atomic E-state index is -1.62. The molecule has 144 valence electrons. The van der Waals surface area contributed by atoms with Crippen molar-refractivity contribution in [2.75, 3.05) is 0 Å². The zero-order valence-electron chi connectivity index (χ0n) is 15.4. The molecule has 0 unspecified atom stereocenters. The molecule has 5 heteroatoms. The molecule has 0 saturated carbocycles. The molecule has 1 aromatic rings. The smallest absolute Gasteiger partial charge is 0.340 e. The van der Waals surface area contributed by atoms with Crippen LogP contribution in [0.15, 0.2) is 24.3 Å². The minimum Gasteiger partial charge on any atom is -0.479 e. The van der Waals surface area contributed by atoms with E-state index < -0.39 is 10.3 Å². The zero-order chi connectivity index (χ0) is 19.1. The second-order valence-corrected chi connectivity index (χ2v) is 7.88. The molecular formula is C20H31Cl3O2. The maximum absolute atomic E-state index is 10.7. The van der Waals surface area contributed by atoms with Crippen molar-refractivity contribution in [1.29, 1.82) is 0 Å². The van der Waals surface area contributed by atoms with Gasteiger partial charge in [0.1, 0.15) is 0 Å². The highest BCUT2D eigenvalue weighted by Crippen LogP contribution is 2.28. The number of carboxylic acids is 1. The summed E-state index contributed by atoms with van der Waals surface area (Å²) in [5.41, 5.74) is 1.35. The van der Waals surface area contributed by atoms with E-state index >= 15 is 0 Å². The zero-order valence-corrected chi connectivity index (χ0v) is 17.6. The van der Waals surface area contributed by atoms with Gasteiger partial charge in [-0.25, -0.2) is 4.79 Å². The number of benzene rings is 1. The van der Waals surface area contributed by atoms with E-state index in [0.29, 0.717) is 6.42 Å². The first-order chi connectivity index (χ1) is 11.9. The van der Waals surface area contributed by atoms with E-state index in [1.165, 1.54) is 37.7 Å². The van der Waals surface area contributed by atoms with E-state index in [0.717, 1.165) is 30.7 Å². The molecule has 0 amide bonds. The Morgan fingerprint density at radius 2 is 1.32 bits per heavy atom. The fourth-order valence-corrected chi connectivity index (χ4v) is 2.89. The molecule has 0 fully saturated rings. The van der Waals surface area contributed by atoms with Gasteiger partial charge in [0, 0.05) is 5.02 Å². The summed E-state index contributed by atoms with van der Waals surface area (Å²) in [5, 5.41) is 9.58. The van der Waals surface area contributed by atoms with Gasteiger partial charge in [0.15, 0.2) is 0 Å². The van der Waals surface area contributed by atoms with Gasteiger partial charge in [-0.3, -0.25) is 0 Å². The van der Waals surface area contributed by atoms with E-state index in [2.05, 4.69) is 12.1 Å². The van der Waals surface area contributed by atoms with Gasteiger partial charge in [-0.15, -0.1) is 0 Å². The summed E-state index contributed by atoms with van der Waals surface area (Å²) in [6.07, 6.45) is 10.4. The number of alkyl halides is 2. The number of hydrogen-bond acceptors (Lipinski definition) is 1. The number of carboxylic acid groups (broad SMARTS) is 1. The van der Waals surface area contributed by atoms with Crippen molar-refractivity contribution in [3.8, 4) is 0 Å². The third-order valence-electron chi connectivity index (χ3n) is 3.93. The normalized spacial score (nSPS) is 10.9. The molecule has 0 saturated heterocycles. The van der Waals surface area contributed by atoms with E-state index in [4.69, 9.17) is 39.9 Å². The van der Waals surface area contributed by atoms with Crippen LogP contribution in [0.3, 0.4) is 0 Å². The molecule has 0 bridgehead atoms. The Bertz CT molecular complexity index is 459. The Kier molecular flexibility index (Phi) is 14.4. The fraction of sp³-hybridized carbons (Fsp3) is 0.650. The summed E-state index contributed by atoms with van der Waals surface area (Å²) in [7, 11) is 0. The predicted octanol–water partition coefficient (Wildman–Crippen LogP) is 7.68. The first-order valence-corrected chi connectivity index (χ1v) is 10.4. The predicted molar refractivity (Wildman–Crippen MR) is 110 cm³/mol. The van der Waals surface area contributed by atoms with Crippen molar-refractivity contribution >= 4 is 40.8 Å². The lowest BCUT2D eigenvalue weighted by atomic mass is 10.0. The first kappa shape index (κ1) is 24.6. The lowest BCUT2D eigenvalue weighted by molar-refractivity contribution is -0.138. The molecule has 0 spiro atoms. The highest BCUT2D eigenvalue weighted by molar-refractivity contribution is 6.57. The van der Waals surface area contributed by atoms with Gasteiger partial charge in [0.2, 0.25) is 4.33 Å². The lowest BCUT2D eigenvalue weighted by Crippen LogP contribution is -2.25. The SMILES string of the molecule is CC.O=C(O)C(Cl)(Cl)CCCCCCCCCCc1ccc(Cl)cc1. The van der Waals surface area contributed by atoms with Gasteiger partial charge < -0.3 is 5.11 Å². The van der Waals surface area contributed by atoms with Gasteiger partial charge in [0.05, 0.1) is 0 Å². The largest absolute Gasteiger partial charge is 0.479 e. The molecule has 1 rings (SSSR count). The van der Waals surface area contributed by atoms with Crippen LogP contribution in [0.1, 0.15) is 77.2 Å². The Labute approximate surface area is 167 Å². The summed E-state index contributed by atoms with van der Waals surface area (Å²) >= 11 is 17.2. The van der Waals surface area contributed by atoms with Crippen LogP contribution >= 0.6 is 34.8 Å². The number of aryl methyl sites for hydroxylation is 1. The molecule has 0 aliphatic carbocycles. The third-order valence-corrected chi connectivity index (χ3v) is 4.89. The van der Waals surface area contributed by atoms with E-state index in [1.807, 2.05) is 26.0 Å². The summed E-state index contributed by atoms with van der Waals surface area (Å²) in [6, 6.07) is 8.07. The van der Waals surface area contributed by atoms with Crippen molar-refractivity contribution in [2.45, 2.75) is 82.4 Å². The first-order valence-electron chi connectivity index (χ1n) is 9.27. The highest BCUT2D eigenvalue weighted by atomic mass is 35.5. The molecule has 0 aromatic heterocycles. The summed E-state index contributed by atoms with van der Waals surface area (Å²) < 4.78 is -1.62. The third kappa shape index (κ3) is 12.5. The molecule has 25 heavy (non-hydrogen) atoms. The molecule has 1 N–H and O–H groups in total. The summed E-state index contributed by atoms with van der Waals surface area (Å²) in [4.78, 5) is 10.7. The monoisotopic (exact) mass is 408 g/mol. The van der Waals surface area contributed by atoms with Gasteiger partial charge in [-0.1, -0.05) is 99.3 Å². The van der Waals surface area contributed by atoms with Crippen molar-refractivity contribution in [1.82, 2.24) is 0 Å². The van der Waals surface area contributed by atoms with Crippen molar-refractivity contribution < 1.29 is 9.90 Å². The van der Waals surface area contributed by atoms with Crippen LogP contribution in [0.4, 0.5) is 0 Å². The van der Waals surface area contributed by atoms with E-state index in [1.54, 1.807) is 0 Å². The van der Waals surface area contributed by atoms with Gasteiger partial charge in [0.25, 0.3) is 0 Å². The number of halogens is 3. The van der Waals surface area contributed by atoms with Crippen molar-refractivity contribution in [3.63, 3.8) is 0 Å². The quantitative estimate of drug-likeness (QED) is 0.284. The highest BCUT2D eigenvalue weighted by Gasteiger charge is 2.32. The average Bonchev–Trinajstić information content (AvgIpc) is 2.59. The molecule has 0 heterocycles. The molecule has 0 atom stereocenters. The summed E-state index contributed by atoms with van der Waals surface area (Å²) in [5.74, 6) is -1.15. The van der Waals surface area contributed by atoms with Crippen LogP contribution in [0.25, 0.3) is 0 Å².